The largest absolute Gasteiger partial charge is 0.371 e. The van der Waals surface area contributed by atoms with Gasteiger partial charge >= 0.3 is 0 Å². The highest BCUT2D eigenvalue weighted by atomic mass is 32.1. The molecule has 0 saturated carbocycles. The second-order valence-electron chi connectivity index (χ2n) is 5.32. The number of hydrogen-bond acceptors (Lipinski definition) is 2. The molecule has 0 aromatic heterocycles. The molecule has 0 aliphatic carbocycles. The summed E-state index contributed by atoms with van der Waals surface area (Å²) in [5, 5.41) is 5.83. The molecular weight excluding hydrogens is 292 g/mol. The fourth-order valence-corrected chi connectivity index (χ4v) is 2.43. The summed E-state index contributed by atoms with van der Waals surface area (Å²) >= 11 is 5.13. The molecule has 0 bridgehead atoms. The zero-order chi connectivity index (χ0) is 15.9. The minimum absolute atomic E-state index is 0.218. The molecule has 3 nitrogen and oxygen atoms in total. The van der Waals surface area contributed by atoms with Crippen molar-refractivity contribution in [1.82, 2.24) is 5.32 Å². The summed E-state index contributed by atoms with van der Waals surface area (Å²) in [6.45, 7) is 4.64. The summed E-state index contributed by atoms with van der Waals surface area (Å²) in [7, 11) is 0. The number of rotatable bonds is 4. The van der Waals surface area contributed by atoms with Crippen LogP contribution in [0.4, 0.5) is 5.69 Å². The summed E-state index contributed by atoms with van der Waals surface area (Å²) in [4.78, 5) is 12.3. The van der Waals surface area contributed by atoms with Gasteiger partial charge in [0.05, 0.1) is 0 Å². The van der Waals surface area contributed by atoms with Crippen LogP contribution in [0, 0.1) is 13.8 Å². The topological polar surface area (TPSA) is 41.1 Å². The first-order valence-electron chi connectivity index (χ1n) is 7.26. The molecule has 0 heterocycles. The maximum absolute atomic E-state index is 12.1. The van der Waals surface area contributed by atoms with E-state index in [1.807, 2.05) is 44.2 Å². The Balaban J connectivity index is 1.83. The predicted molar refractivity (Wildman–Crippen MR) is 95.3 cm³/mol. The van der Waals surface area contributed by atoms with Gasteiger partial charge in [-0.25, -0.2) is 0 Å². The van der Waals surface area contributed by atoms with Crippen LogP contribution in [0.2, 0.25) is 0 Å². The second-order valence-corrected chi connectivity index (χ2v) is 5.73. The van der Waals surface area contributed by atoms with Crippen molar-refractivity contribution in [3.8, 4) is 0 Å². The first kappa shape index (κ1) is 16.2. The molecule has 0 spiro atoms. The van der Waals surface area contributed by atoms with Crippen LogP contribution in [-0.2, 0) is 11.2 Å². The van der Waals surface area contributed by atoms with Gasteiger partial charge in [-0.2, -0.15) is 0 Å². The summed E-state index contributed by atoms with van der Waals surface area (Å²) < 4.78 is 0. The number of thiocarbonyl (C=S) groups is 1. The summed E-state index contributed by atoms with van der Waals surface area (Å²) in [6.07, 6.45) is 0.831. The average Bonchev–Trinajstić information content (AvgIpc) is 2.47. The van der Waals surface area contributed by atoms with E-state index in [4.69, 9.17) is 12.2 Å². The van der Waals surface area contributed by atoms with E-state index in [0.717, 1.165) is 23.2 Å². The van der Waals surface area contributed by atoms with Crippen molar-refractivity contribution in [1.29, 1.82) is 0 Å². The van der Waals surface area contributed by atoms with Crippen LogP contribution in [-0.4, -0.2) is 17.4 Å². The number of carbonyl (C=O) groups is 1. The molecule has 0 radical (unpaired) electrons. The number of amides is 1. The second kappa shape index (κ2) is 7.71. The van der Waals surface area contributed by atoms with Crippen molar-refractivity contribution in [3.63, 3.8) is 0 Å². The van der Waals surface area contributed by atoms with Gasteiger partial charge < -0.3 is 10.6 Å². The van der Waals surface area contributed by atoms with Gasteiger partial charge in [-0.3, -0.25) is 4.79 Å². The van der Waals surface area contributed by atoms with Crippen molar-refractivity contribution >= 4 is 28.8 Å². The van der Waals surface area contributed by atoms with E-state index in [0.29, 0.717) is 6.54 Å². The van der Waals surface area contributed by atoms with Gasteiger partial charge in [-0.15, -0.1) is 0 Å². The fraction of sp³-hybridized carbons (Fsp3) is 0.222. The van der Waals surface area contributed by atoms with E-state index in [1.54, 1.807) is 0 Å². The number of benzene rings is 2. The Labute approximate surface area is 136 Å². The highest BCUT2D eigenvalue weighted by Crippen LogP contribution is 2.13. The molecule has 1 amide bonds. The summed E-state index contributed by atoms with van der Waals surface area (Å²) in [5.41, 5.74) is 4.21. The molecule has 2 aromatic rings. The quantitative estimate of drug-likeness (QED) is 0.850. The molecule has 2 N–H and O–H groups in total. The van der Waals surface area contributed by atoms with Gasteiger partial charge in [0.1, 0.15) is 0 Å². The van der Waals surface area contributed by atoms with Crippen LogP contribution >= 0.6 is 12.2 Å². The standard InChI is InChI=1S/C18H20N2OS/c1-13-10-14(2)12-16(11-13)20-17(21)18(22)19-9-8-15-6-4-3-5-7-15/h3-7,10-12H,8-9H2,1-2H3,(H,19,22)(H,20,21). The van der Waals surface area contributed by atoms with E-state index < -0.39 is 0 Å². The number of hydrogen-bond donors (Lipinski definition) is 2. The van der Waals surface area contributed by atoms with Crippen molar-refractivity contribution in [2.45, 2.75) is 20.3 Å². The fourth-order valence-electron chi connectivity index (χ4n) is 2.28. The lowest BCUT2D eigenvalue weighted by molar-refractivity contribution is -0.110. The van der Waals surface area contributed by atoms with Crippen molar-refractivity contribution in [2.24, 2.45) is 0 Å². The Bertz CT molecular complexity index is 648. The van der Waals surface area contributed by atoms with Crippen LogP contribution < -0.4 is 10.6 Å². The molecule has 0 aliphatic rings. The van der Waals surface area contributed by atoms with E-state index >= 15 is 0 Å². The molecule has 0 saturated heterocycles. The third-order valence-electron chi connectivity index (χ3n) is 3.23. The molecule has 2 aromatic carbocycles. The van der Waals surface area contributed by atoms with Gasteiger partial charge in [0, 0.05) is 12.2 Å². The van der Waals surface area contributed by atoms with Crippen LogP contribution in [0.1, 0.15) is 16.7 Å². The summed E-state index contributed by atoms with van der Waals surface area (Å²) in [5.74, 6) is -0.270. The van der Waals surface area contributed by atoms with Gasteiger partial charge in [-0.1, -0.05) is 48.6 Å². The number of aryl methyl sites for hydroxylation is 2. The van der Waals surface area contributed by atoms with E-state index in [2.05, 4.69) is 28.8 Å². The summed E-state index contributed by atoms with van der Waals surface area (Å²) in [6, 6.07) is 16.0. The lowest BCUT2D eigenvalue weighted by Crippen LogP contribution is -2.35. The molecule has 4 heteroatoms. The lowest BCUT2D eigenvalue weighted by Gasteiger charge is -2.10. The molecule has 0 aliphatic heterocycles. The lowest BCUT2D eigenvalue weighted by atomic mass is 10.1. The molecule has 0 fully saturated rings. The minimum atomic E-state index is -0.270. The monoisotopic (exact) mass is 312 g/mol. The molecular formula is C18H20N2OS. The average molecular weight is 312 g/mol. The smallest absolute Gasteiger partial charge is 0.283 e. The van der Waals surface area contributed by atoms with Crippen LogP contribution in [0.15, 0.2) is 48.5 Å². The first-order chi connectivity index (χ1) is 10.5. The molecule has 2 rings (SSSR count). The van der Waals surface area contributed by atoms with E-state index in [9.17, 15) is 4.79 Å². The highest BCUT2D eigenvalue weighted by Gasteiger charge is 2.09. The Hall–Kier alpha value is -2.20. The minimum Gasteiger partial charge on any atom is -0.371 e. The Morgan fingerprint density at radius 1 is 1.05 bits per heavy atom. The predicted octanol–water partition coefficient (Wildman–Crippen LogP) is 3.40. The number of carbonyl (C=O) groups excluding carboxylic acids is 1. The molecule has 22 heavy (non-hydrogen) atoms. The number of anilines is 1. The third kappa shape index (κ3) is 4.97. The number of nitrogens with one attached hydrogen (secondary N) is 2. The van der Waals surface area contributed by atoms with Gasteiger partial charge in [0.2, 0.25) is 0 Å². The maximum atomic E-state index is 12.1. The van der Waals surface area contributed by atoms with E-state index in [1.165, 1.54) is 5.56 Å². The third-order valence-corrected chi connectivity index (χ3v) is 3.56. The molecule has 114 valence electrons. The Morgan fingerprint density at radius 2 is 1.68 bits per heavy atom. The normalized spacial score (nSPS) is 10.1. The Morgan fingerprint density at radius 3 is 2.32 bits per heavy atom. The highest BCUT2D eigenvalue weighted by molar-refractivity contribution is 7.82. The molecule has 0 atom stereocenters. The van der Waals surface area contributed by atoms with Crippen LogP contribution in [0.5, 0.6) is 0 Å². The maximum Gasteiger partial charge on any atom is 0.283 e. The van der Waals surface area contributed by atoms with Crippen LogP contribution in [0.3, 0.4) is 0 Å². The van der Waals surface area contributed by atoms with Crippen molar-refractivity contribution in [3.05, 3.63) is 65.2 Å². The van der Waals surface area contributed by atoms with Gasteiger partial charge in [0.15, 0.2) is 4.99 Å². The van der Waals surface area contributed by atoms with Crippen LogP contribution in [0.25, 0.3) is 0 Å². The zero-order valence-electron chi connectivity index (χ0n) is 12.8. The SMILES string of the molecule is Cc1cc(C)cc(NC(=O)C(=S)NCCc2ccccc2)c1. The van der Waals surface area contributed by atoms with Gasteiger partial charge in [-0.05, 0) is 49.1 Å². The van der Waals surface area contributed by atoms with Gasteiger partial charge in [0.25, 0.3) is 5.91 Å². The first-order valence-corrected chi connectivity index (χ1v) is 7.67. The van der Waals surface area contributed by atoms with E-state index in [-0.39, 0.29) is 10.9 Å². The van der Waals surface area contributed by atoms with Crippen molar-refractivity contribution < 1.29 is 4.79 Å². The van der Waals surface area contributed by atoms with Crippen molar-refractivity contribution in [2.75, 3.05) is 11.9 Å². The Kier molecular flexibility index (Phi) is 5.67. The molecule has 0 unspecified atom stereocenters. The zero-order valence-corrected chi connectivity index (χ0v) is 13.7.